The van der Waals surface area contributed by atoms with Gasteiger partial charge < -0.3 is 11.1 Å². The molecular formula is C16H20N2OS. The molecule has 0 aromatic heterocycles. The van der Waals surface area contributed by atoms with E-state index in [1.54, 1.807) is 0 Å². The highest BCUT2D eigenvalue weighted by atomic mass is 32.1. The molecule has 20 heavy (non-hydrogen) atoms. The molecule has 4 heteroatoms. The predicted octanol–water partition coefficient (Wildman–Crippen LogP) is 2.30. The largest absolute Gasteiger partial charge is 0.368 e. The van der Waals surface area contributed by atoms with Gasteiger partial charge in [-0.05, 0) is 31.0 Å². The van der Waals surface area contributed by atoms with E-state index in [9.17, 15) is 4.79 Å². The Labute approximate surface area is 125 Å². The minimum Gasteiger partial charge on any atom is -0.368 e. The van der Waals surface area contributed by atoms with Gasteiger partial charge in [0.1, 0.15) is 6.04 Å². The molecule has 2 unspecified atom stereocenters. The number of hydrogen-bond donors (Lipinski definition) is 3. The van der Waals surface area contributed by atoms with Crippen molar-refractivity contribution in [3.8, 4) is 0 Å². The number of amides is 1. The molecule has 0 bridgehead atoms. The summed E-state index contributed by atoms with van der Waals surface area (Å²) >= 11 is 4.46. The summed E-state index contributed by atoms with van der Waals surface area (Å²) in [5, 5.41) is 3.44. The van der Waals surface area contributed by atoms with Crippen LogP contribution in [0.25, 0.3) is 0 Å². The second-order valence-electron chi connectivity index (χ2n) is 4.97. The van der Waals surface area contributed by atoms with Crippen LogP contribution in [0.2, 0.25) is 0 Å². The van der Waals surface area contributed by atoms with Gasteiger partial charge in [0.05, 0.1) is 0 Å². The van der Waals surface area contributed by atoms with Gasteiger partial charge >= 0.3 is 0 Å². The molecule has 0 spiro atoms. The molecule has 2 atom stereocenters. The van der Waals surface area contributed by atoms with E-state index in [0.29, 0.717) is 6.54 Å². The summed E-state index contributed by atoms with van der Waals surface area (Å²) in [7, 11) is 0. The fourth-order valence-electron chi connectivity index (χ4n) is 2.37. The molecule has 0 saturated heterocycles. The number of allylic oxidation sites excluding steroid dienone is 2. The van der Waals surface area contributed by atoms with E-state index in [0.717, 1.165) is 17.5 Å². The fourth-order valence-corrected chi connectivity index (χ4v) is 2.69. The van der Waals surface area contributed by atoms with Crippen LogP contribution < -0.4 is 11.1 Å². The summed E-state index contributed by atoms with van der Waals surface area (Å²) in [6, 6.07) is 7.37. The van der Waals surface area contributed by atoms with Gasteiger partial charge in [0.2, 0.25) is 5.91 Å². The van der Waals surface area contributed by atoms with Crippen LogP contribution in [0.1, 0.15) is 23.6 Å². The quantitative estimate of drug-likeness (QED) is 0.704. The first kappa shape index (κ1) is 14.9. The first-order valence-electron chi connectivity index (χ1n) is 6.73. The molecule has 106 valence electrons. The van der Waals surface area contributed by atoms with Gasteiger partial charge in [-0.2, -0.15) is 12.6 Å². The molecular weight excluding hydrogens is 268 g/mol. The van der Waals surface area contributed by atoms with Gasteiger partial charge in [0, 0.05) is 5.25 Å². The second kappa shape index (κ2) is 6.77. The highest BCUT2D eigenvalue weighted by Gasteiger charge is 2.19. The van der Waals surface area contributed by atoms with Crippen molar-refractivity contribution >= 4 is 18.5 Å². The van der Waals surface area contributed by atoms with Gasteiger partial charge in [-0.1, -0.05) is 48.1 Å². The zero-order valence-corrected chi connectivity index (χ0v) is 12.4. The molecule has 0 aliphatic heterocycles. The number of hydrogen-bond acceptors (Lipinski definition) is 3. The molecule has 1 aromatic carbocycles. The number of rotatable bonds is 6. The lowest BCUT2D eigenvalue weighted by atomic mass is 10.0. The van der Waals surface area contributed by atoms with Crippen molar-refractivity contribution in [3.63, 3.8) is 0 Å². The zero-order chi connectivity index (χ0) is 14.5. The summed E-state index contributed by atoms with van der Waals surface area (Å²) in [6.45, 7) is 2.69. The van der Waals surface area contributed by atoms with Crippen LogP contribution in [-0.2, 0) is 4.79 Å². The average Bonchev–Trinajstić information content (AvgIpc) is 2.81. The van der Waals surface area contributed by atoms with Crippen molar-refractivity contribution in [1.82, 2.24) is 5.32 Å². The molecule has 2 rings (SSSR count). The van der Waals surface area contributed by atoms with E-state index in [2.05, 4.69) is 24.0 Å². The van der Waals surface area contributed by atoms with Crippen molar-refractivity contribution in [3.05, 3.63) is 59.2 Å². The minimum absolute atomic E-state index is 0.197. The van der Waals surface area contributed by atoms with Crippen molar-refractivity contribution < 1.29 is 4.79 Å². The van der Waals surface area contributed by atoms with Crippen LogP contribution >= 0.6 is 12.6 Å². The van der Waals surface area contributed by atoms with Crippen LogP contribution in [0.4, 0.5) is 0 Å². The first-order chi connectivity index (χ1) is 9.59. The Bertz CT molecular complexity index is 551. The van der Waals surface area contributed by atoms with Gasteiger partial charge in [-0.25, -0.2) is 0 Å². The lowest BCUT2D eigenvalue weighted by molar-refractivity contribution is -0.120. The van der Waals surface area contributed by atoms with Crippen LogP contribution in [0, 0.1) is 6.92 Å². The smallest absolute Gasteiger partial charge is 0.239 e. The molecule has 1 amide bonds. The molecule has 1 aliphatic rings. The Kier molecular flexibility index (Phi) is 5.04. The first-order valence-corrected chi connectivity index (χ1v) is 7.25. The predicted molar refractivity (Wildman–Crippen MR) is 85.7 cm³/mol. The molecule has 1 aromatic rings. The molecule has 1 aliphatic carbocycles. The Hall–Kier alpha value is -1.52. The SMILES string of the molecule is Cc1ccccc1C(NCCC1=CC=CC1S)C(N)=O. The highest BCUT2D eigenvalue weighted by molar-refractivity contribution is 7.81. The minimum atomic E-state index is -0.440. The number of nitrogens with two attached hydrogens (primary N) is 1. The number of carbonyl (C=O) groups is 1. The van der Waals surface area contributed by atoms with Crippen LogP contribution in [0.3, 0.4) is 0 Å². The van der Waals surface area contributed by atoms with E-state index in [1.807, 2.05) is 43.3 Å². The van der Waals surface area contributed by atoms with E-state index >= 15 is 0 Å². The number of carbonyl (C=O) groups excluding carboxylic acids is 1. The van der Waals surface area contributed by atoms with Crippen LogP contribution in [0.15, 0.2) is 48.1 Å². The Morgan fingerprint density at radius 1 is 1.45 bits per heavy atom. The third kappa shape index (κ3) is 3.52. The van der Waals surface area contributed by atoms with Crippen molar-refractivity contribution in [2.75, 3.05) is 6.54 Å². The zero-order valence-electron chi connectivity index (χ0n) is 11.5. The van der Waals surface area contributed by atoms with Gasteiger partial charge in [0.15, 0.2) is 0 Å². The Morgan fingerprint density at radius 3 is 2.80 bits per heavy atom. The van der Waals surface area contributed by atoms with E-state index < -0.39 is 6.04 Å². The summed E-state index contributed by atoms with van der Waals surface area (Å²) in [4.78, 5) is 11.7. The van der Waals surface area contributed by atoms with Crippen LogP contribution in [-0.4, -0.2) is 17.7 Å². The molecule has 0 heterocycles. The van der Waals surface area contributed by atoms with Crippen molar-refractivity contribution in [1.29, 1.82) is 0 Å². The summed E-state index contributed by atoms with van der Waals surface area (Å²) in [5.74, 6) is -0.347. The number of benzene rings is 1. The van der Waals surface area contributed by atoms with Crippen LogP contribution in [0.5, 0.6) is 0 Å². The molecule has 0 saturated carbocycles. The standard InChI is InChI=1S/C16H20N2OS/c1-11-5-2-3-7-13(11)15(16(17)19)18-10-9-12-6-4-8-14(12)20/h2-8,14-15,18,20H,9-10H2,1H3,(H2,17,19). The molecule has 3 nitrogen and oxygen atoms in total. The number of thiol groups is 1. The molecule has 0 radical (unpaired) electrons. The second-order valence-corrected chi connectivity index (χ2v) is 5.52. The molecule has 0 fully saturated rings. The maximum Gasteiger partial charge on any atom is 0.239 e. The summed E-state index contributed by atoms with van der Waals surface area (Å²) in [5.41, 5.74) is 8.79. The average molecular weight is 288 g/mol. The summed E-state index contributed by atoms with van der Waals surface area (Å²) in [6.07, 6.45) is 6.99. The third-order valence-corrected chi connectivity index (χ3v) is 4.03. The number of primary amides is 1. The molecule has 3 N–H and O–H groups in total. The van der Waals surface area contributed by atoms with E-state index in [-0.39, 0.29) is 11.2 Å². The van der Waals surface area contributed by atoms with E-state index in [1.165, 1.54) is 5.57 Å². The normalized spacial score (nSPS) is 18.9. The topological polar surface area (TPSA) is 55.1 Å². The Balaban J connectivity index is 1.97. The fraction of sp³-hybridized carbons (Fsp3) is 0.312. The van der Waals surface area contributed by atoms with Gasteiger partial charge in [0.25, 0.3) is 0 Å². The van der Waals surface area contributed by atoms with E-state index in [4.69, 9.17) is 5.73 Å². The lowest BCUT2D eigenvalue weighted by Crippen LogP contribution is -2.35. The van der Waals surface area contributed by atoms with Gasteiger partial charge in [-0.3, -0.25) is 4.79 Å². The third-order valence-electron chi connectivity index (χ3n) is 3.53. The maximum absolute atomic E-state index is 11.7. The highest BCUT2D eigenvalue weighted by Crippen LogP contribution is 2.21. The number of aryl methyl sites for hydroxylation is 1. The lowest BCUT2D eigenvalue weighted by Gasteiger charge is -2.18. The monoisotopic (exact) mass is 288 g/mol. The number of nitrogens with one attached hydrogen (secondary N) is 1. The maximum atomic E-state index is 11.7. The van der Waals surface area contributed by atoms with Crippen molar-refractivity contribution in [2.24, 2.45) is 5.73 Å². The summed E-state index contributed by atoms with van der Waals surface area (Å²) < 4.78 is 0. The van der Waals surface area contributed by atoms with Gasteiger partial charge in [-0.15, -0.1) is 0 Å². The van der Waals surface area contributed by atoms with Crippen molar-refractivity contribution in [2.45, 2.75) is 24.6 Å². The Morgan fingerprint density at radius 2 is 2.20 bits per heavy atom.